The standard InChI is InChI=1S/C30H16O8.C15H10O5/c1-7-3-9(31)19-23-15(7)16-8(2)4-10(32)20-24(16)28-26-18(12(34)6-14(36)22(26)30(20)38)17-11(33)5-13(35)21(29(19)37)25(17)27(23)28;1-6-2-8-12(10(17)3-6)15(20)13-9(14(8)19)4-7(16)5-11(13)18/h3-6,33-38H,1-2H3;2-5,16-18H,1H3. The van der Waals surface area contributed by atoms with Gasteiger partial charge in [-0.1, -0.05) is 0 Å². The molecule has 13 nitrogen and oxygen atoms in total. The molecule has 0 saturated heterocycles. The van der Waals surface area contributed by atoms with E-state index in [0.29, 0.717) is 49.0 Å². The van der Waals surface area contributed by atoms with Gasteiger partial charge in [0.15, 0.2) is 16.6 Å². The topological polar surface area (TPSA) is 250 Å². The van der Waals surface area contributed by atoms with E-state index in [2.05, 4.69) is 0 Å². The maximum Gasteiger partial charge on any atom is 0.201 e. The molecule has 11 rings (SSSR count). The Morgan fingerprint density at radius 2 is 0.707 bits per heavy atom. The Hall–Kier alpha value is -8.06. The lowest BCUT2D eigenvalue weighted by molar-refractivity contribution is 0.0974. The fourth-order valence-electron chi connectivity index (χ4n) is 9.47. The van der Waals surface area contributed by atoms with Crippen LogP contribution in [0.25, 0.3) is 75.4 Å². The molecular weight excluding hydrogens is 748 g/mol. The van der Waals surface area contributed by atoms with Gasteiger partial charge in [-0.15, -0.1) is 0 Å². The van der Waals surface area contributed by atoms with E-state index in [1.165, 1.54) is 24.3 Å². The van der Waals surface area contributed by atoms with Crippen molar-refractivity contribution in [3.05, 3.63) is 108 Å². The Morgan fingerprint density at radius 3 is 1.17 bits per heavy atom. The van der Waals surface area contributed by atoms with Gasteiger partial charge in [0.2, 0.25) is 5.78 Å². The Labute approximate surface area is 322 Å². The minimum absolute atomic E-state index is 0.0431. The minimum atomic E-state index is -0.635. The van der Waals surface area contributed by atoms with E-state index < -0.39 is 62.7 Å². The van der Waals surface area contributed by atoms with Gasteiger partial charge in [0.25, 0.3) is 0 Å². The number of ketones is 2. The normalized spacial score (nSPS) is 12.9. The number of phenols is 9. The molecule has 0 spiro atoms. The van der Waals surface area contributed by atoms with E-state index in [-0.39, 0.29) is 76.8 Å². The molecule has 0 bridgehead atoms. The molecule has 0 aromatic heterocycles. The molecule has 13 heteroatoms. The van der Waals surface area contributed by atoms with Gasteiger partial charge in [-0.3, -0.25) is 19.2 Å². The van der Waals surface area contributed by atoms with Crippen LogP contribution in [0.15, 0.2) is 58.1 Å². The van der Waals surface area contributed by atoms with Gasteiger partial charge < -0.3 is 46.0 Å². The zero-order chi connectivity index (χ0) is 41.3. The van der Waals surface area contributed by atoms with Crippen molar-refractivity contribution in [1.29, 1.82) is 0 Å². The van der Waals surface area contributed by atoms with Crippen molar-refractivity contribution >= 4 is 87.0 Å². The third kappa shape index (κ3) is 3.93. The molecule has 284 valence electrons. The van der Waals surface area contributed by atoms with Crippen molar-refractivity contribution in [1.82, 2.24) is 0 Å². The van der Waals surface area contributed by atoms with Gasteiger partial charge in [-0.25, -0.2) is 0 Å². The number of aromatic hydroxyl groups is 9. The number of hydrogen-bond donors (Lipinski definition) is 9. The third-order valence-corrected chi connectivity index (χ3v) is 11.6. The number of rotatable bonds is 0. The van der Waals surface area contributed by atoms with Crippen LogP contribution in [0.4, 0.5) is 0 Å². The molecule has 0 radical (unpaired) electrons. The maximum atomic E-state index is 13.4. The van der Waals surface area contributed by atoms with Crippen molar-refractivity contribution < 1.29 is 55.5 Å². The summed E-state index contributed by atoms with van der Waals surface area (Å²) in [6.45, 7) is 5.16. The van der Waals surface area contributed by atoms with Gasteiger partial charge in [-0.05, 0) is 78.6 Å². The highest BCUT2D eigenvalue weighted by Gasteiger charge is 2.36. The number of carbonyl (C=O) groups is 2. The molecule has 0 fully saturated rings. The molecule has 0 heterocycles. The van der Waals surface area contributed by atoms with Gasteiger partial charge in [0, 0.05) is 72.4 Å². The lowest BCUT2D eigenvalue weighted by Crippen LogP contribution is -2.21. The second-order valence-electron chi connectivity index (χ2n) is 14.9. The average Bonchev–Trinajstić information content (AvgIpc) is 3.12. The second kappa shape index (κ2) is 10.8. The van der Waals surface area contributed by atoms with Crippen molar-refractivity contribution in [3.8, 4) is 51.7 Å². The monoisotopic (exact) mass is 774 g/mol. The predicted molar refractivity (Wildman–Crippen MR) is 215 cm³/mol. The lowest BCUT2D eigenvalue weighted by Gasteiger charge is -2.25. The first-order valence-corrected chi connectivity index (χ1v) is 17.7. The summed E-state index contributed by atoms with van der Waals surface area (Å²) in [6, 6.07) is 9.77. The van der Waals surface area contributed by atoms with Crippen LogP contribution in [0.2, 0.25) is 0 Å². The van der Waals surface area contributed by atoms with Gasteiger partial charge in [-0.2, -0.15) is 0 Å². The van der Waals surface area contributed by atoms with Crippen LogP contribution >= 0.6 is 0 Å². The minimum Gasteiger partial charge on any atom is -0.508 e. The van der Waals surface area contributed by atoms with Gasteiger partial charge >= 0.3 is 0 Å². The zero-order valence-corrected chi connectivity index (χ0v) is 30.3. The van der Waals surface area contributed by atoms with Crippen LogP contribution in [-0.4, -0.2) is 57.5 Å². The van der Waals surface area contributed by atoms with Gasteiger partial charge in [0.05, 0.1) is 32.7 Å². The highest BCUT2D eigenvalue weighted by Crippen LogP contribution is 2.60. The summed E-state index contributed by atoms with van der Waals surface area (Å²) in [5.74, 6) is -4.98. The van der Waals surface area contributed by atoms with Gasteiger partial charge in [0.1, 0.15) is 51.7 Å². The van der Waals surface area contributed by atoms with Crippen molar-refractivity contribution in [3.63, 3.8) is 0 Å². The number of hydrogen-bond acceptors (Lipinski definition) is 13. The molecule has 58 heavy (non-hydrogen) atoms. The molecule has 0 unspecified atom stereocenters. The Balaban J connectivity index is 0.000000172. The fourth-order valence-corrected chi connectivity index (χ4v) is 9.47. The molecular formula is C45H26O13. The molecule has 1 aliphatic rings. The molecule has 0 aliphatic heterocycles. The Morgan fingerprint density at radius 1 is 0.328 bits per heavy atom. The highest BCUT2D eigenvalue weighted by molar-refractivity contribution is 6.52. The fraction of sp³-hybridized carbons (Fsp3) is 0.0667. The molecule has 0 saturated carbocycles. The van der Waals surface area contributed by atoms with Crippen LogP contribution in [0.1, 0.15) is 48.5 Å². The van der Waals surface area contributed by atoms with E-state index in [0.717, 1.165) is 24.3 Å². The Bertz CT molecular complexity index is 3480. The van der Waals surface area contributed by atoms with Crippen LogP contribution < -0.4 is 10.9 Å². The summed E-state index contributed by atoms with van der Waals surface area (Å²) < 4.78 is 0. The molecule has 10 aromatic rings. The number of fused-ring (bicyclic) bond motifs is 4. The van der Waals surface area contributed by atoms with Crippen LogP contribution in [0.5, 0.6) is 51.7 Å². The van der Waals surface area contributed by atoms with E-state index in [4.69, 9.17) is 0 Å². The highest BCUT2D eigenvalue weighted by atomic mass is 16.3. The van der Waals surface area contributed by atoms with Crippen molar-refractivity contribution in [2.45, 2.75) is 20.8 Å². The van der Waals surface area contributed by atoms with Crippen molar-refractivity contribution in [2.75, 3.05) is 0 Å². The SMILES string of the molecule is Cc1cc(=O)c2c(O)c3c(O)cc(O)c4c5c(O)cc(O)c6c(O)c7c(=O)cc(C)c8c1c2c(c34)c(c65)c78.Cc1cc(O)c2c(c1)C(=O)c1cc(O)cc(O)c1C2=O. The maximum absolute atomic E-state index is 13.4. The van der Waals surface area contributed by atoms with E-state index in [1.54, 1.807) is 20.8 Å². The molecule has 10 aromatic carbocycles. The van der Waals surface area contributed by atoms with E-state index in [9.17, 15) is 65.1 Å². The Kier molecular flexibility index (Phi) is 6.43. The molecule has 0 amide bonds. The predicted octanol–water partition coefficient (Wildman–Crippen LogP) is 6.97. The summed E-state index contributed by atoms with van der Waals surface area (Å²) in [7, 11) is 0. The first-order valence-electron chi connectivity index (χ1n) is 17.7. The summed E-state index contributed by atoms with van der Waals surface area (Å²) in [5, 5.41) is 98.8. The van der Waals surface area contributed by atoms with E-state index in [1.807, 2.05) is 0 Å². The average molecular weight is 775 g/mol. The first kappa shape index (κ1) is 34.4. The summed E-state index contributed by atoms with van der Waals surface area (Å²) in [5.41, 5.74) is 0.507. The van der Waals surface area contributed by atoms with Crippen molar-refractivity contribution in [2.24, 2.45) is 0 Å². The zero-order valence-electron chi connectivity index (χ0n) is 30.3. The number of benzene rings is 10. The first-order chi connectivity index (χ1) is 27.4. The molecule has 1 aliphatic carbocycles. The number of phenolic OH excluding ortho intramolecular Hbond substituents is 9. The number of carbonyl (C=O) groups excluding carboxylic acids is 2. The largest absolute Gasteiger partial charge is 0.508 e. The third-order valence-electron chi connectivity index (χ3n) is 11.6. The summed E-state index contributed by atoms with van der Waals surface area (Å²) in [4.78, 5) is 51.5. The second-order valence-corrected chi connectivity index (χ2v) is 14.9. The van der Waals surface area contributed by atoms with Crippen LogP contribution in [0.3, 0.4) is 0 Å². The van der Waals surface area contributed by atoms with E-state index >= 15 is 0 Å². The van der Waals surface area contributed by atoms with Crippen LogP contribution in [0, 0.1) is 20.8 Å². The summed E-state index contributed by atoms with van der Waals surface area (Å²) >= 11 is 0. The smallest absolute Gasteiger partial charge is 0.201 e. The molecule has 9 N–H and O–H groups in total. The quantitative estimate of drug-likeness (QED) is 0.0558. The van der Waals surface area contributed by atoms with Crippen LogP contribution in [-0.2, 0) is 0 Å². The molecule has 0 atom stereocenters. The number of aryl methyl sites for hydroxylation is 3. The lowest BCUT2D eigenvalue weighted by atomic mass is 9.78. The summed E-state index contributed by atoms with van der Waals surface area (Å²) in [6.07, 6.45) is 0.